The van der Waals surface area contributed by atoms with Crippen LogP contribution in [0.25, 0.3) is 27.9 Å². The largest absolute Gasteiger partial charge is 0.478 e. The molecule has 1 saturated heterocycles. The Morgan fingerprint density at radius 3 is 2.89 bits per heavy atom. The fourth-order valence-corrected chi connectivity index (χ4v) is 3.97. The summed E-state index contributed by atoms with van der Waals surface area (Å²) >= 11 is 0. The van der Waals surface area contributed by atoms with Crippen LogP contribution in [0.4, 0.5) is 0 Å². The highest BCUT2D eigenvalue weighted by molar-refractivity contribution is 6.05. The number of carboxylic acid groups (broad SMARTS) is 1. The molecule has 0 saturated carbocycles. The van der Waals surface area contributed by atoms with Gasteiger partial charge in [-0.25, -0.2) is 9.48 Å². The van der Waals surface area contributed by atoms with E-state index in [1.807, 2.05) is 36.7 Å². The van der Waals surface area contributed by atoms with Gasteiger partial charge < -0.3 is 14.4 Å². The standard InChI is InChI=1S/C21H23N3O4/c1-3-23-16-9-7-14(8-10-18(25)26)12-15(16)20-19(21(23)27)13(2)24(22-20)17-6-4-5-11-28-17/h7-10,12,17H,3-6,11H2,1-2H3,(H,25,26)/b10-8+. The highest BCUT2D eigenvalue weighted by atomic mass is 16.5. The van der Waals surface area contributed by atoms with E-state index in [4.69, 9.17) is 14.9 Å². The van der Waals surface area contributed by atoms with Crippen LogP contribution in [0, 0.1) is 6.92 Å². The van der Waals surface area contributed by atoms with E-state index in [1.54, 1.807) is 10.6 Å². The van der Waals surface area contributed by atoms with Gasteiger partial charge in [0.15, 0.2) is 0 Å². The zero-order valence-electron chi connectivity index (χ0n) is 16.0. The molecule has 1 unspecified atom stereocenters. The Bertz CT molecular complexity index is 1150. The number of aliphatic carboxylic acids is 1. The lowest BCUT2D eigenvalue weighted by Gasteiger charge is -2.23. The molecule has 2 aromatic heterocycles. The second-order valence-corrected chi connectivity index (χ2v) is 7.07. The number of aryl methyl sites for hydroxylation is 2. The third kappa shape index (κ3) is 3.01. The van der Waals surface area contributed by atoms with Crippen LogP contribution in [0.3, 0.4) is 0 Å². The van der Waals surface area contributed by atoms with Crippen molar-refractivity contribution in [1.82, 2.24) is 14.3 Å². The number of ether oxygens (including phenoxy) is 1. The van der Waals surface area contributed by atoms with Crippen molar-refractivity contribution in [3.63, 3.8) is 0 Å². The molecule has 1 atom stereocenters. The number of fused-ring (bicyclic) bond motifs is 3. The maximum absolute atomic E-state index is 13.2. The van der Waals surface area contributed by atoms with E-state index in [-0.39, 0.29) is 11.8 Å². The quantitative estimate of drug-likeness (QED) is 0.699. The van der Waals surface area contributed by atoms with E-state index < -0.39 is 5.97 Å². The first-order chi connectivity index (χ1) is 13.5. The molecule has 1 aliphatic heterocycles. The van der Waals surface area contributed by atoms with Gasteiger partial charge in [0.2, 0.25) is 0 Å². The van der Waals surface area contributed by atoms with Crippen molar-refractivity contribution >= 4 is 33.9 Å². The van der Waals surface area contributed by atoms with Gasteiger partial charge in [0, 0.05) is 24.6 Å². The topological polar surface area (TPSA) is 86.4 Å². The van der Waals surface area contributed by atoms with Gasteiger partial charge >= 0.3 is 5.97 Å². The molecule has 0 bridgehead atoms. The molecule has 4 rings (SSSR count). The van der Waals surface area contributed by atoms with Gasteiger partial charge in [-0.3, -0.25) is 4.79 Å². The Balaban J connectivity index is 2.01. The molecule has 1 fully saturated rings. The van der Waals surface area contributed by atoms with Crippen LogP contribution in [0.1, 0.15) is 43.7 Å². The maximum atomic E-state index is 13.2. The second kappa shape index (κ2) is 7.24. The first-order valence-electron chi connectivity index (χ1n) is 9.59. The summed E-state index contributed by atoms with van der Waals surface area (Å²) in [6, 6.07) is 5.56. The van der Waals surface area contributed by atoms with Crippen LogP contribution < -0.4 is 5.56 Å². The summed E-state index contributed by atoms with van der Waals surface area (Å²) < 4.78 is 9.46. The minimum atomic E-state index is -1.00. The monoisotopic (exact) mass is 381 g/mol. The Hall–Kier alpha value is -2.93. The van der Waals surface area contributed by atoms with Gasteiger partial charge in [-0.1, -0.05) is 6.07 Å². The summed E-state index contributed by atoms with van der Waals surface area (Å²) in [4.78, 5) is 24.0. The summed E-state index contributed by atoms with van der Waals surface area (Å²) in [5, 5.41) is 15.1. The van der Waals surface area contributed by atoms with E-state index in [2.05, 4.69) is 0 Å². The molecule has 7 heteroatoms. The fourth-order valence-electron chi connectivity index (χ4n) is 3.97. The van der Waals surface area contributed by atoms with Gasteiger partial charge in [0.25, 0.3) is 5.56 Å². The highest BCUT2D eigenvalue weighted by Gasteiger charge is 2.23. The zero-order chi connectivity index (χ0) is 19.8. The number of pyridine rings is 1. The number of carbonyl (C=O) groups is 1. The van der Waals surface area contributed by atoms with Gasteiger partial charge in [-0.15, -0.1) is 0 Å². The number of benzene rings is 1. The third-order valence-corrected chi connectivity index (χ3v) is 5.34. The molecule has 0 aliphatic carbocycles. The van der Waals surface area contributed by atoms with E-state index >= 15 is 0 Å². The van der Waals surface area contributed by atoms with Crippen molar-refractivity contribution in [3.05, 3.63) is 45.9 Å². The number of hydrogen-bond donors (Lipinski definition) is 1. The fraction of sp³-hybridized carbons (Fsp3) is 0.381. The molecule has 1 N–H and O–H groups in total. The molecule has 0 radical (unpaired) electrons. The predicted molar refractivity (Wildman–Crippen MR) is 107 cm³/mol. The third-order valence-electron chi connectivity index (χ3n) is 5.34. The van der Waals surface area contributed by atoms with Crippen molar-refractivity contribution in [1.29, 1.82) is 0 Å². The van der Waals surface area contributed by atoms with Crippen LogP contribution in [0.15, 0.2) is 29.1 Å². The van der Waals surface area contributed by atoms with Crippen molar-refractivity contribution in [3.8, 4) is 0 Å². The van der Waals surface area contributed by atoms with E-state index in [0.717, 1.165) is 47.5 Å². The van der Waals surface area contributed by atoms with Crippen molar-refractivity contribution < 1.29 is 14.6 Å². The molecular weight excluding hydrogens is 358 g/mol. The number of hydrogen-bond acceptors (Lipinski definition) is 4. The SMILES string of the molecule is CCn1c(=O)c2c(C)n(C3CCCCO3)nc2c2cc(/C=C/C(=O)O)ccc21. The molecule has 1 aliphatic rings. The van der Waals surface area contributed by atoms with Crippen LogP contribution in [-0.2, 0) is 16.1 Å². The van der Waals surface area contributed by atoms with Gasteiger partial charge in [0.1, 0.15) is 11.7 Å². The Labute approximate surface area is 161 Å². The minimum absolute atomic E-state index is 0.0570. The summed E-state index contributed by atoms with van der Waals surface area (Å²) in [6.45, 7) is 5.09. The second-order valence-electron chi connectivity index (χ2n) is 7.07. The first kappa shape index (κ1) is 18.4. The number of carboxylic acids is 1. The normalized spacial score (nSPS) is 17.7. The zero-order valence-corrected chi connectivity index (χ0v) is 16.0. The predicted octanol–water partition coefficient (Wildman–Crippen LogP) is 3.48. The van der Waals surface area contributed by atoms with Gasteiger partial charge in [-0.05, 0) is 56.9 Å². The number of nitrogens with zero attached hydrogens (tertiary/aromatic N) is 3. The molecule has 1 aromatic carbocycles. The molecule has 0 amide bonds. The van der Waals surface area contributed by atoms with Gasteiger partial charge in [0.05, 0.1) is 16.6 Å². The van der Waals surface area contributed by atoms with Crippen molar-refractivity contribution in [2.45, 2.75) is 45.9 Å². The lowest BCUT2D eigenvalue weighted by molar-refractivity contribution is -0.131. The Morgan fingerprint density at radius 2 is 2.21 bits per heavy atom. The minimum Gasteiger partial charge on any atom is -0.478 e. The Morgan fingerprint density at radius 1 is 1.39 bits per heavy atom. The lowest BCUT2D eigenvalue weighted by Crippen LogP contribution is -2.21. The van der Waals surface area contributed by atoms with Crippen molar-refractivity contribution in [2.24, 2.45) is 0 Å². The summed E-state index contributed by atoms with van der Waals surface area (Å²) in [6.07, 6.45) is 5.49. The van der Waals surface area contributed by atoms with E-state index in [1.165, 1.54) is 0 Å². The molecule has 3 heterocycles. The van der Waals surface area contributed by atoms with Crippen LogP contribution in [-0.4, -0.2) is 32.0 Å². The molecule has 3 aromatic rings. The van der Waals surface area contributed by atoms with Crippen LogP contribution in [0.2, 0.25) is 0 Å². The highest BCUT2D eigenvalue weighted by Crippen LogP contribution is 2.30. The van der Waals surface area contributed by atoms with Crippen molar-refractivity contribution in [2.75, 3.05) is 6.61 Å². The average molecular weight is 381 g/mol. The molecular formula is C21H23N3O4. The molecule has 28 heavy (non-hydrogen) atoms. The van der Waals surface area contributed by atoms with E-state index in [0.29, 0.717) is 24.1 Å². The number of aromatic nitrogens is 3. The first-order valence-corrected chi connectivity index (χ1v) is 9.59. The summed E-state index contributed by atoms with van der Waals surface area (Å²) in [5.74, 6) is -1.00. The smallest absolute Gasteiger partial charge is 0.328 e. The molecule has 0 spiro atoms. The average Bonchev–Trinajstić information content (AvgIpc) is 3.05. The van der Waals surface area contributed by atoms with E-state index in [9.17, 15) is 9.59 Å². The summed E-state index contributed by atoms with van der Waals surface area (Å²) in [5.41, 5.74) is 2.93. The van der Waals surface area contributed by atoms with Gasteiger partial charge in [-0.2, -0.15) is 5.10 Å². The maximum Gasteiger partial charge on any atom is 0.328 e. The van der Waals surface area contributed by atoms with Crippen LogP contribution >= 0.6 is 0 Å². The lowest BCUT2D eigenvalue weighted by atomic mass is 10.1. The Kier molecular flexibility index (Phi) is 4.77. The summed E-state index contributed by atoms with van der Waals surface area (Å²) in [7, 11) is 0. The molecule has 146 valence electrons. The molecule has 7 nitrogen and oxygen atoms in total. The van der Waals surface area contributed by atoms with Crippen LogP contribution in [0.5, 0.6) is 0 Å². The number of rotatable bonds is 4.